The van der Waals surface area contributed by atoms with Crippen LogP contribution in [0.15, 0.2) is 36.7 Å². The third-order valence-corrected chi connectivity index (χ3v) is 3.57. The largest absolute Gasteiger partial charge is 0.335 e. The van der Waals surface area contributed by atoms with E-state index in [0.717, 1.165) is 37.3 Å². The van der Waals surface area contributed by atoms with Gasteiger partial charge in [0.05, 0.1) is 0 Å². The molecule has 114 valence electrons. The van der Waals surface area contributed by atoms with Crippen LogP contribution in [0.3, 0.4) is 0 Å². The van der Waals surface area contributed by atoms with Crippen LogP contribution in [0.5, 0.6) is 0 Å². The minimum absolute atomic E-state index is 0.0378. The molecule has 1 aromatic heterocycles. The molecule has 0 spiro atoms. The van der Waals surface area contributed by atoms with Crippen molar-refractivity contribution in [2.24, 2.45) is 0 Å². The zero-order chi connectivity index (χ0) is 15.1. The molecular weight excluding hydrogens is 265 g/mol. The summed E-state index contributed by atoms with van der Waals surface area (Å²) in [6, 6.07) is 6.96. The summed E-state index contributed by atoms with van der Waals surface area (Å²) in [5, 5.41) is 3.44. The number of rotatable bonds is 8. The van der Waals surface area contributed by atoms with Crippen molar-refractivity contribution in [2.45, 2.75) is 45.7 Å². The molecule has 21 heavy (non-hydrogen) atoms. The first-order valence-corrected chi connectivity index (χ1v) is 7.74. The van der Waals surface area contributed by atoms with Gasteiger partial charge in [-0.3, -0.25) is 0 Å². The van der Waals surface area contributed by atoms with E-state index in [1.807, 2.05) is 24.5 Å². The van der Waals surface area contributed by atoms with Crippen LogP contribution in [-0.2, 0) is 13.0 Å². The lowest BCUT2D eigenvalue weighted by molar-refractivity contribution is 0.478. The van der Waals surface area contributed by atoms with Crippen LogP contribution in [0.4, 0.5) is 4.39 Å². The minimum Gasteiger partial charge on any atom is -0.335 e. The summed E-state index contributed by atoms with van der Waals surface area (Å²) < 4.78 is 16.2. The number of hydrogen-bond donors (Lipinski definition) is 1. The maximum Gasteiger partial charge on any atom is 0.127 e. The number of nitrogens with zero attached hydrogens (tertiary/aromatic N) is 2. The topological polar surface area (TPSA) is 29.9 Å². The summed E-state index contributed by atoms with van der Waals surface area (Å²) in [4.78, 5) is 4.44. The molecule has 0 saturated carbocycles. The second kappa shape index (κ2) is 7.93. The molecule has 2 aromatic rings. The summed E-state index contributed by atoms with van der Waals surface area (Å²) in [5.74, 6) is 0.855. The molecule has 0 aliphatic carbocycles. The summed E-state index contributed by atoms with van der Waals surface area (Å²) in [6.07, 6.45) is 6.61. The molecule has 0 fully saturated rings. The van der Waals surface area contributed by atoms with Gasteiger partial charge >= 0.3 is 0 Å². The van der Waals surface area contributed by atoms with Crippen LogP contribution in [0, 0.1) is 5.82 Å². The molecule has 1 aromatic carbocycles. The quantitative estimate of drug-likeness (QED) is 0.802. The maximum absolute atomic E-state index is 14.1. The summed E-state index contributed by atoms with van der Waals surface area (Å²) >= 11 is 0. The number of aryl methyl sites for hydroxylation is 1. The van der Waals surface area contributed by atoms with Gasteiger partial charge in [0.1, 0.15) is 11.6 Å². The lowest BCUT2D eigenvalue weighted by Crippen LogP contribution is -2.26. The third-order valence-electron chi connectivity index (χ3n) is 3.57. The molecular formula is C17H24FN3. The predicted octanol–water partition coefficient (Wildman–Crippen LogP) is 3.72. The highest BCUT2D eigenvalue weighted by Gasteiger charge is 2.17. The van der Waals surface area contributed by atoms with E-state index >= 15 is 0 Å². The van der Waals surface area contributed by atoms with Crippen molar-refractivity contribution in [2.75, 3.05) is 6.54 Å². The van der Waals surface area contributed by atoms with E-state index in [-0.39, 0.29) is 11.9 Å². The Bertz CT molecular complexity index is 550. The maximum atomic E-state index is 14.1. The minimum atomic E-state index is -0.153. The Labute approximate surface area is 126 Å². The molecule has 3 nitrogen and oxygen atoms in total. The van der Waals surface area contributed by atoms with E-state index in [1.54, 1.807) is 6.07 Å². The fraction of sp³-hybridized carbons (Fsp3) is 0.471. The van der Waals surface area contributed by atoms with E-state index in [9.17, 15) is 4.39 Å². The normalized spacial score (nSPS) is 12.5. The monoisotopic (exact) mass is 289 g/mol. The van der Waals surface area contributed by atoms with Gasteiger partial charge in [-0.15, -0.1) is 0 Å². The molecule has 4 heteroatoms. The van der Waals surface area contributed by atoms with Crippen molar-refractivity contribution in [1.82, 2.24) is 14.9 Å². The standard InChI is InChI=1S/C17H24FN3/c1-3-9-19-16(14-7-5-6-8-15(14)18)13-17-20-10-12-21(17)11-4-2/h5-8,10,12,16,19H,3-4,9,11,13H2,1-2H3. The molecule has 1 N–H and O–H groups in total. The highest BCUT2D eigenvalue weighted by atomic mass is 19.1. The van der Waals surface area contributed by atoms with E-state index in [2.05, 4.69) is 28.7 Å². The molecule has 0 bridgehead atoms. The Morgan fingerprint density at radius 1 is 1.24 bits per heavy atom. The van der Waals surface area contributed by atoms with Crippen molar-refractivity contribution in [1.29, 1.82) is 0 Å². The van der Waals surface area contributed by atoms with Gasteiger partial charge in [0, 0.05) is 37.0 Å². The van der Waals surface area contributed by atoms with E-state index in [4.69, 9.17) is 0 Å². The van der Waals surface area contributed by atoms with Gasteiger partial charge in [-0.2, -0.15) is 0 Å². The Hall–Kier alpha value is -1.68. The number of aromatic nitrogens is 2. The second-order valence-corrected chi connectivity index (χ2v) is 5.27. The van der Waals surface area contributed by atoms with Crippen LogP contribution >= 0.6 is 0 Å². The zero-order valence-corrected chi connectivity index (χ0v) is 12.8. The van der Waals surface area contributed by atoms with Crippen LogP contribution in [0.25, 0.3) is 0 Å². The predicted molar refractivity (Wildman–Crippen MR) is 83.7 cm³/mol. The number of imidazole rings is 1. The highest BCUT2D eigenvalue weighted by molar-refractivity contribution is 5.22. The van der Waals surface area contributed by atoms with Gasteiger partial charge in [-0.05, 0) is 25.5 Å². The van der Waals surface area contributed by atoms with Crippen molar-refractivity contribution in [3.63, 3.8) is 0 Å². The number of nitrogens with one attached hydrogen (secondary N) is 1. The average Bonchev–Trinajstić information content (AvgIpc) is 2.92. The zero-order valence-electron chi connectivity index (χ0n) is 12.8. The first-order valence-electron chi connectivity index (χ1n) is 7.74. The average molecular weight is 289 g/mol. The van der Waals surface area contributed by atoms with Crippen molar-refractivity contribution in [3.8, 4) is 0 Å². The lowest BCUT2D eigenvalue weighted by atomic mass is 10.0. The fourth-order valence-electron chi connectivity index (χ4n) is 2.53. The summed E-state index contributed by atoms with van der Waals surface area (Å²) in [6.45, 7) is 6.08. The Kier molecular flexibility index (Phi) is 5.93. The lowest BCUT2D eigenvalue weighted by Gasteiger charge is -2.20. The SMILES string of the molecule is CCCNC(Cc1nccn1CCC)c1ccccc1F. The third kappa shape index (κ3) is 4.14. The van der Waals surface area contributed by atoms with E-state index in [1.165, 1.54) is 6.07 Å². The van der Waals surface area contributed by atoms with Gasteiger partial charge in [-0.25, -0.2) is 9.37 Å². The molecule has 0 aliphatic heterocycles. The van der Waals surface area contributed by atoms with E-state index in [0.29, 0.717) is 6.42 Å². The molecule has 1 heterocycles. The summed E-state index contributed by atoms with van der Waals surface area (Å²) in [7, 11) is 0. The van der Waals surface area contributed by atoms with Crippen molar-refractivity contribution < 1.29 is 4.39 Å². The van der Waals surface area contributed by atoms with Gasteiger partial charge < -0.3 is 9.88 Å². The Morgan fingerprint density at radius 3 is 2.76 bits per heavy atom. The molecule has 0 saturated heterocycles. The van der Waals surface area contributed by atoms with Crippen molar-refractivity contribution >= 4 is 0 Å². The van der Waals surface area contributed by atoms with Gasteiger partial charge in [0.15, 0.2) is 0 Å². The van der Waals surface area contributed by atoms with Gasteiger partial charge in [0.25, 0.3) is 0 Å². The second-order valence-electron chi connectivity index (χ2n) is 5.27. The van der Waals surface area contributed by atoms with Crippen LogP contribution in [0.2, 0.25) is 0 Å². The number of benzene rings is 1. The first-order chi connectivity index (χ1) is 10.3. The fourth-order valence-corrected chi connectivity index (χ4v) is 2.53. The molecule has 2 rings (SSSR count). The van der Waals surface area contributed by atoms with Crippen LogP contribution < -0.4 is 5.32 Å². The molecule has 1 unspecified atom stereocenters. The summed E-state index contributed by atoms with van der Waals surface area (Å²) in [5.41, 5.74) is 0.719. The van der Waals surface area contributed by atoms with Gasteiger partial charge in [0.2, 0.25) is 0 Å². The highest BCUT2D eigenvalue weighted by Crippen LogP contribution is 2.21. The first kappa shape index (κ1) is 15.7. The molecule has 0 amide bonds. The Balaban J connectivity index is 2.20. The van der Waals surface area contributed by atoms with Crippen molar-refractivity contribution in [3.05, 3.63) is 53.9 Å². The van der Waals surface area contributed by atoms with E-state index < -0.39 is 0 Å². The smallest absolute Gasteiger partial charge is 0.127 e. The number of halogens is 1. The number of hydrogen-bond acceptors (Lipinski definition) is 2. The molecule has 0 aliphatic rings. The van der Waals surface area contributed by atoms with Crippen LogP contribution in [0.1, 0.15) is 44.1 Å². The molecule has 0 radical (unpaired) electrons. The van der Waals surface area contributed by atoms with Crippen LogP contribution in [-0.4, -0.2) is 16.1 Å². The Morgan fingerprint density at radius 2 is 2.05 bits per heavy atom. The molecule has 1 atom stereocenters. The van der Waals surface area contributed by atoms with Gasteiger partial charge in [-0.1, -0.05) is 32.0 Å².